The smallest absolute Gasteiger partial charge is 0.132 e. The lowest BCUT2D eigenvalue weighted by Gasteiger charge is -2.34. The van der Waals surface area contributed by atoms with Crippen molar-refractivity contribution in [1.82, 2.24) is 9.88 Å². The van der Waals surface area contributed by atoms with Crippen LogP contribution in [0, 0.1) is 5.82 Å². The van der Waals surface area contributed by atoms with Crippen LogP contribution in [-0.2, 0) is 6.54 Å². The highest BCUT2D eigenvalue weighted by atomic mass is 19.1. The molecule has 0 saturated heterocycles. The maximum Gasteiger partial charge on any atom is 0.132 e. The highest BCUT2D eigenvalue weighted by Crippen LogP contribution is 2.23. The minimum absolute atomic E-state index is 0.0655. The number of aromatic nitrogens is 1. The molecular formula is C15H19FN2O. The maximum absolute atomic E-state index is 13.7. The van der Waals surface area contributed by atoms with Crippen molar-refractivity contribution in [2.75, 3.05) is 13.7 Å². The molecule has 0 bridgehead atoms. The molecule has 4 heteroatoms. The van der Waals surface area contributed by atoms with Crippen molar-refractivity contribution in [2.24, 2.45) is 0 Å². The molecule has 2 rings (SSSR count). The Labute approximate surface area is 112 Å². The molecule has 0 amide bonds. The predicted molar refractivity (Wildman–Crippen MR) is 74.3 cm³/mol. The van der Waals surface area contributed by atoms with Gasteiger partial charge in [-0.2, -0.15) is 0 Å². The zero-order valence-electron chi connectivity index (χ0n) is 11.5. The van der Waals surface area contributed by atoms with Gasteiger partial charge in [0.2, 0.25) is 0 Å². The molecule has 1 aromatic carbocycles. The molecule has 1 aromatic heterocycles. The summed E-state index contributed by atoms with van der Waals surface area (Å²) in [4.78, 5) is 6.31. The molecule has 1 N–H and O–H groups in total. The molecule has 0 aliphatic carbocycles. The molecule has 0 atom stereocenters. The largest absolute Gasteiger partial charge is 0.394 e. The minimum atomic E-state index is -0.324. The van der Waals surface area contributed by atoms with Crippen LogP contribution in [0.25, 0.3) is 10.9 Å². The Morgan fingerprint density at radius 3 is 2.74 bits per heavy atom. The summed E-state index contributed by atoms with van der Waals surface area (Å²) in [6.45, 7) is 4.61. The molecule has 2 aromatic rings. The second-order valence-electron chi connectivity index (χ2n) is 5.43. The zero-order chi connectivity index (χ0) is 14.0. The monoisotopic (exact) mass is 262 g/mol. The average Bonchev–Trinajstić information content (AvgIpc) is 2.42. The predicted octanol–water partition coefficient (Wildman–Crippen LogP) is 2.58. The topological polar surface area (TPSA) is 36.4 Å². The van der Waals surface area contributed by atoms with E-state index in [1.54, 1.807) is 24.4 Å². The minimum Gasteiger partial charge on any atom is -0.394 e. The van der Waals surface area contributed by atoms with Gasteiger partial charge in [-0.25, -0.2) is 4.39 Å². The van der Waals surface area contributed by atoms with Crippen molar-refractivity contribution in [3.63, 3.8) is 0 Å². The third-order valence-electron chi connectivity index (χ3n) is 3.63. The molecule has 0 radical (unpaired) electrons. The number of nitrogens with zero attached hydrogens (tertiary/aromatic N) is 2. The molecular weight excluding hydrogens is 243 g/mol. The van der Waals surface area contributed by atoms with Crippen LogP contribution in [0.15, 0.2) is 30.5 Å². The van der Waals surface area contributed by atoms with E-state index in [1.165, 1.54) is 6.07 Å². The Kier molecular flexibility index (Phi) is 3.83. The molecule has 19 heavy (non-hydrogen) atoms. The SMILES string of the molecule is CN(Cc1ccc(F)c2cccnc12)C(C)(C)CO. The van der Waals surface area contributed by atoms with E-state index in [0.717, 1.165) is 5.56 Å². The summed E-state index contributed by atoms with van der Waals surface area (Å²) in [6.07, 6.45) is 1.67. The van der Waals surface area contributed by atoms with E-state index in [1.807, 2.05) is 25.8 Å². The fraction of sp³-hybridized carbons (Fsp3) is 0.400. The summed E-state index contributed by atoms with van der Waals surface area (Å²) in [6, 6.07) is 6.70. The van der Waals surface area contributed by atoms with Gasteiger partial charge < -0.3 is 5.11 Å². The molecule has 0 fully saturated rings. The fourth-order valence-corrected chi connectivity index (χ4v) is 1.91. The van der Waals surface area contributed by atoms with Gasteiger partial charge in [-0.1, -0.05) is 6.07 Å². The number of aliphatic hydroxyl groups is 1. The quantitative estimate of drug-likeness (QED) is 0.920. The van der Waals surface area contributed by atoms with Crippen molar-refractivity contribution in [3.05, 3.63) is 41.8 Å². The first kappa shape index (κ1) is 13.9. The van der Waals surface area contributed by atoms with E-state index >= 15 is 0 Å². The summed E-state index contributed by atoms with van der Waals surface area (Å²) in [5.41, 5.74) is 1.32. The Hall–Kier alpha value is -1.52. The first-order valence-electron chi connectivity index (χ1n) is 6.30. The van der Waals surface area contributed by atoms with E-state index in [2.05, 4.69) is 4.98 Å². The first-order valence-corrected chi connectivity index (χ1v) is 6.30. The Balaban J connectivity index is 2.39. The van der Waals surface area contributed by atoms with E-state index in [9.17, 15) is 9.50 Å². The van der Waals surface area contributed by atoms with Gasteiger partial charge in [0, 0.05) is 23.7 Å². The normalized spacial score (nSPS) is 12.3. The van der Waals surface area contributed by atoms with Crippen molar-refractivity contribution >= 4 is 10.9 Å². The van der Waals surface area contributed by atoms with Crippen LogP contribution in [-0.4, -0.2) is 34.2 Å². The number of aliphatic hydroxyl groups excluding tert-OH is 1. The summed E-state index contributed by atoms with van der Waals surface area (Å²) < 4.78 is 13.7. The molecule has 0 unspecified atom stereocenters. The zero-order valence-corrected chi connectivity index (χ0v) is 11.5. The van der Waals surface area contributed by atoms with E-state index in [4.69, 9.17) is 0 Å². The third kappa shape index (κ3) is 2.74. The highest BCUT2D eigenvalue weighted by molar-refractivity contribution is 5.82. The number of hydrogen-bond acceptors (Lipinski definition) is 3. The maximum atomic E-state index is 13.7. The lowest BCUT2D eigenvalue weighted by atomic mass is 10.0. The first-order chi connectivity index (χ1) is 8.95. The standard InChI is InChI=1S/C15H19FN2O/c1-15(2,10-19)18(3)9-11-6-7-13(16)12-5-4-8-17-14(11)12/h4-8,19H,9-10H2,1-3H3. The molecule has 1 heterocycles. The lowest BCUT2D eigenvalue weighted by molar-refractivity contribution is 0.0736. The van der Waals surface area contributed by atoms with Crippen LogP contribution < -0.4 is 0 Å². The number of pyridine rings is 1. The molecule has 3 nitrogen and oxygen atoms in total. The molecule has 0 aliphatic heterocycles. The van der Waals surface area contributed by atoms with Crippen LogP contribution in [0.1, 0.15) is 19.4 Å². The summed E-state index contributed by atoms with van der Waals surface area (Å²) in [7, 11) is 1.94. The number of benzene rings is 1. The van der Waals surface area contributed by atoms with Gasteiger partial charge in [0.1, 0.15) is 5.82 Å². The number of likely N-dealkylation sites (N-methyl/N-ethyl adjacent to an activating group) is 1. The summed E-state index contributed by atoms with van der Waals surface area (Å²) in [5, 5.41) is 9.92. The summed E-state index contributed by atoms with van der Waals surface area (Å²) in [5.74, 6) is -0.254. The van der Waals surface area contributed by atoms with Gasteiger partial charge in [-0.05, 0) is 44.7 Å². The fourth-order valence-electron chi connectivity index (χ4n) is 1.91. The molecule has 0 saturated carbocycles. The van der Waals surface area contributed by atoms with Crippen LogP contribution in [0.5, 0.6) is 0 Å². The Morgan fingerprint density at radius 2 is 2.05 bits per heavy atom. The van der Waals surface area contributed by atoms with Gasteiger partial charge in [0.15, 0.2) is 0 Å². The molecule has 0 spiro atoms. The van der Waals surface area contributed by atoms with Crippen LogP contribution in [0.2, 0.25) is 0 Å². The highest BCUT2D eigenvalue weighted by Gasteiger charge is 2.23. The second kappa shape index (κ2) is 5.23. The third-order valence-corrected chi connectivity index (χ3v) is 3.63. The molecule has 0 aliphatic rings. The van der Waals surface area contributed by atoms with E-state index in [-0.39, 0.29) is 18.0 Å². The molecule has 102 valence electrons. The van der Waals surface area contributed by atoms with Crippen LogP contribution in [0.3, 0.4) is 0 Å². The van der Waals surface area contributed by atoms with Crippen molar-refractivity contribution in [2.45, 2.75) is 25.9 Å². The van der Waals surface area contributed by atoms with Crippen molar-refractivity contribution in [3.8, 4) is 0 Å². The van der Waals surface area contributed by atoms with E-state index in [0.29, 0.717) is 17.4 Å². The van der Waals surface area contributed by atoms with Crippen molar-refractivity contribution in [1.29, 1.82) is 0 Å². The van der Waals surface area contributed by atoms with Crippen molar-refractivity contribution < 1.29 is 9.50 Å². The van der Waals surface area contributed by atoms with Crippen LogP contribution in [0.4, 0.5) is 4.39 Å². The van der Waals surface area contributed by atoms with E-state index < -0.39 is 0 Å². The Bertz CT molecular complexity index is 583. The number of hydrogen-bond donors (Lipinski definition) is 1. The van der Waals surface area contributed by atoms with Gasteiger partial charge in [0.05, 0.1) is 12.1 Å². The number of halogens is 1. The summed E-state index contributed by atoms with van der Waals surface area (Å²) >= 11 is 0. The Morgan fingerprint density at radius 1 is 1.32 bits per heavy atom. The van der Waals surface area contributed by atoms with Gasteiger partial charge in [0.25, 0.3) is 0 Å². The number of rotatable bonds is 4. The average molecular weight is 262 g/mol. The lowest BCUT2D eigenvalue weighted by Crippen LogP contribution is -2.43. The van der Waals surface area contributed by atoms with Gasteiger partial charge >= 0.3 is 0 Å². The second-order valence-corrected chi connectivity index (χ2v) is 5.43. The number of fused-ring (bicyclic) bond motifs is 1. The van der Waals surface area contributed by atoms with Gasteiger partial charge in [-0.3, -0.25) is 9.88 Å². The van der Waals surface area contributed by atoms with Crippen LogP contribution >= 0.6 is 0 Å². The van der Waals surface area contributed by atoms with Gasteiger partial charge in [-0.15, -0.1) is 0 Å².